The summed E-state index contributed by atoms with van der Waals surface area (Å²) in [5, 5.41) is 12.3. The second-order valence-electron chi connectivity index (χ2n) is 6.51. The number of anilines is 1. The van der Waals surface area contributed by atoms with Crippen LogP contribution in [0.25, 0.3) is 0 Å². The van der Waals surface area contributed by atoms with Crippen LogP contribution in [0.4, 0.5) is 5.82 Å². The van der Waals surface area contributed by atoms with Gasteiger partial charge in [-0.1, -0.05) is 0 Å². The molecule has 0 saturated heterocycles. The van der Waals surface area contributed by atoms with Crippen molar-refractivity contribution < 1.29 is 19.4 Å². The molecule has 0 atom stereocenters. The number of carboxylic acid groups (broad SMARTS) is 1. The van der Waals surface area contributed by atoms with E-state index in [9.17, 15) is 9.59 Å². The summed E-state index contributed by atoms with van der Waals surface area (Å²) in [5.74, 6) is -0.0174. The van der Waals surface area contributed by atoms with Crippen molar-refractivity contribution in [3.63, 3.8) is 0 Å². The number of rotatable bonds is 8. The molecule has 2 fully saturated rings. The highest BCUT2D eigenvalue weighted by Crippen LogP contribution is 2.34. The number of esters is 1. The van der Waals surface area contributed by atoms with E-state index in [1.165, 1.54) is 26.3 Å². The Kier molecular flexibility index (Phi) is 4.94. The van der Waals surface area contributed by atoms with Crippen LogP contribution >= 0.6 is 0 Å². The van der Waals surface area contributed by atoms with Crippen LogP contribution in [0.15, 0.2) is 12.4 Å². The molecule has 1 aromatic heterocycles. The van der Waals surface area contributed by atoms with Crippen LogP contribution in [0, 0.1) is 5.92 Å². The summed E-state index contributed by atoms with van der Waals surface area (Å²) < 4.78 is 4.65. The van der Waals surface area contributed by atoms with Gasteiger partial charge in [0.2, 0.25) is 0 Å². The lowest BCUT2D eigenvalue weighted by Crippen LogP contribution is -2.52. The lowest BCUT2D eigenvalue weighted by Gasteiger charge is -2.43. The number of hydrogen-bond acceptors (Lipinski definition) is 7. The molecule has 1 aromatic rings. The van der Waals surface area contributed by atoms with Gasteiger partial charge in [-0.15, -0.1) is 0 Å². The van der Waals surface area contributed by atoms with Crippen molar-refractivity contribution in [2.75, 3.05) is 25.5 Å². The van der Waals surface area contributed by atoms with Crippen molar-refractivity contribution in [3.05, 3.63) is 18.1 Å². The Morgan fingerprint density at radius 1 is 1.38 bits per heavy atom. The first-order valence-electron chi connectivity index (χ1n) is 8.18. The quantitative estimate of drug-likeness (QED) is 0.679. The fraction of sp³-hybridized carbons (Fsp3) is 0.625. The zero-order valence-corrected chi connectivity index (χ0v) is 13.6. The van der Waals surface area contributed by atoms with Crippen LogP contribution < -0.4 is 5.32 Å². The first kappa shape index (κ1) is 16.6. The third-order valence-corrected chi connectivity index (χ3v) is 4.57. The molecule has 3 rings (SSSR count). The van der Waals surface area contributed by atoms with E-state index >= 15 is 0 Å². The molecule has 8 nitrogen and oxygen atoms in total. The minimum Gasteiger partial charge on any atom is -0.480 e. The molecular formula is C16H22N4O4. The van der Waals surface area contributed by atoms with Crippen LogP contribution in [0.2, 0.25) is 0 Å². The number of methoxy groups -OCH3 is 1. The van der Waals surface area contributed by atoms with Gasteiger partial charge in [-0.25, -0.2) is 14.8 Å². The van der Waals surface area contributed by atoms with E-state index in [4.69, 9.17) is 5.11 Å². The monoisotopic (exact) mass is 334 g/mol. The second-order valence-corrected chi connectivity index (χ2v) is 6.51. The average molecular weight is 334 g/mol. The number of aliphatic carboxylic acids is 1. The molecule has 0 unspecified atom stereocenters. The fourth-order valence-corrected chi connectivity index (χ4v) is 3.01. The lowest BCUT2D eigenvalue weighted by molar-refractivity contribution is -0.139. The topological polar surface area (TPSA) is 105 Å². The number of carbonyl (C=O) groups is 2. The van der Waals surface area contributed by atoms with Gasteiger partial charge in [0.1, 0.15) is 12.1 Å². The average Bonchev–Trinajstić information content (AvgIpc) is 3.33. The summed E-state index contributed by atoms with van der Waals surface area (Å²) in [5.41, 5.74) is 0.215. The van der Waals surface area contributed by atoms with E-state index in [-0.39, 0.29) is 18.3 Å². The van der Waals surface area contributed by atoms with E-state index in [0.29, 0.717) is 17.8 Å². The molecule has 1 heterocycles. The van der Waals surface area contributed by atoms with Crippen LogP contribution in [0.5, 0.6) is 0 Å². The number of nitrogens with one attached hydrogen (secondary N) is 1. The molecule has 130 valence electrons. The molecule has 0 aliphatic heterocycles. The largest absolute Gasteiger partial charge is 0.480 e. The standard InChI is InChI=1S/C16H22N4O4/c1-24-16(23)13-6-14(18-9-17-13)19-11-4-12(5-11)20(8-15(21)22)7-10-2-3-10/h6,9-12H,2-5,7-8H2,1H3,(H,21,22)(H,17,18,19). The maximum absolute atomic E-state index is 11.5. The van der Waals surface area contributed by atoms with Gasteiger partial charge in [0, 0.05) is 24.7 Å². The predicted molar refractivity (Wildman–Crippen MR) is 85.7 cm³/mol. The molecule has 0 spiro atoms. The van der Waals surface area contributed by atoms with Crippen molar-refractivity contribution in [2.45, 2.75) is 37.8 Å². The summed E-state index contributed by atoms with van der Waals surface area (Å²) in [6.45, 7) is 0.984. The Labute approximate surface area is 140 Å². The number of hydrogen-bond donors (Lipinski definition) is 2. The third-order valence-electron chi connectivity index (χ3n) is 4.57. The molecule has 2 aliphatic rings. The Balaban J connectivity index is 1.52. The number of carbonyl (C=O) groups excluding carboxylic acids is 1. The molecule has 8 heteroatoms. The van der Waals surface area contributed by atoms with E-state index in [1.54, 1.807) is 6.07 Å². The lowest BCUT2D eigenvalue weighted by atomic mass is 9.85. The van der Waals surface area contributed by atoms with Crippen molar-refractivity contribution in [3.8, 4) is 0 Å². The summed E-state index contributed by atoms with van der Waals surface area (Å²) in [7, 11) is 1.31. The maximum Gasteiger partial charge on any atom is 0.356 e. The van der Waals surface area contributed by atoms with Gasteiger partial charge in [-0.05, 0) is 31.6 Å². The molecule has 0 radical (unpaired) electrons. The fourth-order valence-electron chi connectivity index (χ4n) is 3.01. The molecule has 2 saturated carbocycles. The number of carboxylic acids is 1. The first-order valence-corrected chi connectivity index (χ1v) is 8.18. The summed E-state index contributed by atoms with van der Waals surface area (Å²) >= 11 is 0. The highest BCUT2D eigenvalue weighted by Gasteiger charge is 2.37. The van der Waals surface area contributed by atoms with Crippen molar-refractivity contribution in [1.29, 1.82) is 0 Å². The van der Waals surface area contributed by atoms with Gasteiger partial charge in [0.05, 0.1) is 13.7 Å². The zero-order chi connectivity index (χ0) is 17.1. The van der Waals surface area contributed by atoms with Gasteiger partial charge >= 0.3 is 11.9 Å². The SMILES string of the molecule is COC(=O)c1cc(NC2CC(N(CC(=O)O)CC3CC3)C2)ncn1. The Morgan fingerprint density at radius 3 is 2.75 bits per heavy atom. The van der Waals surface area contributed by atoms with Crippen molar-refractivity contribution in [2.24, 2.45) is 5.92 Å². The highest BCUT2D eigenvalue weighted by molar-refractivity contribution is 5.87. The zero-order valence-electron chi connectivity index (χ0n) is 13.6. The highest BCUT2D eigenvalue weighted by atomic mass is 16.5. The molecular weight excluding hydrogens is 312 g/mol. The van der Waals surface area contributed by atoms with Crippen LogP contribution in [0.1, 0.15) is 36.2 Å². The van der Waals surface area contributed by atoms with Crippen LogP contribution in [0.3, 0.4) is 0 Å². The minimum absolute atomic E-state index is 0.105. The van der Waals surface area contributed by atoms with E-state index in [1.807, 2.05) is 0 Å². The van der Waals surface area contributed by atoms with Gasteiger partial charge in [-0.2, -0.15) is 0 Å². The second kappa shape index (κ2) is 7.12. The van der Waals surface area contributed by atoms with E-state index < -0.39 is 11.9 Å². The molecule has 24 heavy (non-hydrogen) atoms. The Hall–Kier alpha value is -2.22. The minimum atomic E-state index is -0.773. The van der Waals surface area contributed by atoms with Crippen LogP contribution in [-0.2, 0) is 9.53 Å². The summed E-state index contributed by atoms with van der Waals surface area (Å²) in [6, 6.07) is 2.09. The molecule has 0 bridgehead atoms. The van der Waals surface area contributed by atoms with Gasteiger partial charge in [0.25, 0.3) is 0 Å². The number of nitrogens with zero attached hydrogens (tertiary/aromatic N) is 3. The van der Waals surface area contributed by atoms with Gasteiger partial charge in [-0.3, -0.25) is 9.69 Å². The van der Waals surface area contributed by atoms with Crippen molar-refractivity contribution in [1.82, 2.24) is 14.9 Å². The third kappa shape index (κ3) is 4.19. The Bertz CT molecular complexity index is 614. The van der Waals surface area contributed by atoms with Crippen LogP contribution in [-0.4, -0.2) is 64.2 Å². The van der Waals surface area contributed by atoms with E-state index in [2.05, 4.69) is 24.9 Å². The molecule has 0 amide bonds. The van der Waals surface area contributed by atoms with Gasteiger partial charge < -0.3 is 15.2 Å². The van der Waals surface area contributed by atoms with Gasteiger partial charge in [0.15, 0.2) is 5.69 Å². The molecule has 0 aromatic carbocycles. The maximum atomic E-state index is 11.5. The van der Waals surface area contributed by atoms with E-state index in [0.717, 1.165) is 19.4 Å². The summed E-state index contributed by atoms with van der Waals surface area (Å²) in [6.07, 6.45) is 5.49. The number of ether oxygens (including phenoxy) is 1. The normalized spacial score (nSPS) is 22.8. The van der Waals surface area contributed by atoms with Crippen molar-refractivity contribution >= 4 is 17.8 Å². The number of aromatic nitrogens is 2. The predicted octanol–water partition coefficient (Wildman–Crippen LogP) is 1.00. The molecule has 2 N–H and O–H groups in total. The Morgan fingerprint density at radius 2 is 2.12 bits per heavy atom. The molecule has 2 aliphatic carbocycles. The summed E-state index contributed by atoms with van der Waals surface area (Å²) in [4.78, 5) is 32.6. The first-order chi connectivity index (χ1) is 11.5. The smallest absolute Gasteiger partial charge is 0.356 e.